The largest absolute Gasteiger partial charge is 0.484 e. The van der Waals surface area contributed by atoms with Crippen LogP contribution in [0.3, 0.4) is 0 Å². The van der Waals surface area contributed by atoms with E-state index in [4.69, 9.17) is 16.3 Å². The summed E-state index contributed by atoms with van der Waals surface area (Å²) in [5.41, 5.74) is 0. The first kappa shape index (κ1) is 16.1. The fourth-order valence-electron chi connectivity index (χ4n) is 1.95. The molecular weight excluding hydrogens is 287 g/mol. The molecule has 1 saturated heterocycles. The van der Waals surface area contributed by atoms with Crippen LogP contribution in [-0.2, 0) is 4.79 Å². The van der Waals surface area contributed by atoms with Crippen LogP contribution >= 0.6 is 24.0 Å². The van der Waals surface area contributed by atoms with E-state index in [1.54, 1.807) is 24.3 Å². The normalized spacial score (nSPS) is 18.3. The molecule has 0 saturated carbocycles. The van der Waals surface area contributed by atoms with Gasteiger partial charge in [0.2, 0.25) is 0 Å². The number of rotatable bonds is 4. The number of nitrogens with one attached hydrogen (secondary N) is 2. The number of halogens is 2. The Morgan fingerprint density at radius 2 is 2.37 bits per heavy atom. The highest BCUT2D eigenvalue weighted by Gasteiger charge is 2.15. The van der Waals surface area contributed by atoms with Gasteiger partial charge in [-0.05, 0) is 37.6 Å². The van der Waals surface area contributed by atoms with E-state index in [2.05, 4.69) is 10.6 Å². The Morgan fingerprint density at radius 1 is 1.53 bits per heavy atom. The highest BCUT2D eigenvalue weighted by atomic mass is 35.5. The second-order valence-corrected chi connectivity index (χ2v) is 4.79. The molecule has 19 heavy (non-hydrogen) atoms. The van der Waals surface area contributed by atoms with Crippen LogP contribution in [0.1, 0.15) is 12.8 Å². The van der Waals surface area contributed by atoms with E-state index in [1.165, 1.54) is 0 Å². The maximum Gasteiger partial charge on any atom is 0.258 e. The van der Waals surface area contributed by atoms with Crippen molar-refractivity contribution in [2.24, 2.45) is 0 Å². The lowest BCUT2D eigenvalue weighted by molar-refractivity contribution is -0.123. The summed E-state index contributed by atoms with van der Waals surface area (Å²) in [7, 11) is 0. The number of ether oxygens (including phenoxy) is 1. The number of hydrogen-bond acceptors (Lipinski definition) is 3. The van der Waals surface area contributed by atoms with Crippen molar-refractivity contribution in [3.8, 4) is 5.75 Å². The van der Waals surface area contributed by atoms with E-state index in [0.29, 0.717) is 10.8 Å². The quantitative estimate of drug-likeness (QED) is 0.894. The fraction of sp³-hybridized carbons (Fsp3) is 0.462. The Kier molecular flexibility index (Phi) is 6.99. The zero-order valence-corrected chi connectivity index (χ0v) is 12.1. The molecule has 0 unspecified atom stereocenters. The molecule has 6 heteroatoms. The maximum atomic E-state index is 11.7. The summed E-state index contributed by atoms with van der Waals surface area (Å²) < 4.78 is 5.37. The number of amides is 1. The van der Waals surface area contributed by atoms with Gasteiger partial charge in [-0.15, -0.1) is 12.4 Å². The molecule has 1 aliphatic rings. The Bertz CT molecular complexity index is 409. The molecule has 2 N–H and O–H groups in total. The summed E-state index contributed by atoms with van der Waals surface area (Å²) in [6, 6.07) is 7.25. The molecule has 0 aromatic heterocycles. The zero-order valence-electron chi connectivity index (χ0n) is 10.5. The number of carbonyl (C=O) groups excluding carboxylic acids is 1. The molecule has 0 aliphatic carbocycles. The molecule has 0 radical (unpaired) electrons. The monoisotopic (exact) mass is 304 g/mol. The molecule has 1 fully saturated rings. The van der Waals surface area contributed by atoms with Crippen molar-refractivity contribution in [3.05, 3.63) is 29.3 Å². The molecule has 4 nitrogen and oxygen atoms in total. The van der Waals surface area contributed by atoms with Crippen LogP contribution in [0.2, 0.25) is 5.02 Å². The summed E-state index contributed by atoms with van der Waals surface area (Å²) in [4.78, 5) is 11.7. The highest BCUT2D eigenvalue weighted by molar-refractivity contribution is 6.30. The first-order valence-electron chi connectivity index (χ1n) is 6.12. The fourth-order valence-corrected chi connectivity index (χ4v) is 2.13. The third-order valence-corrected chi connectivity index (χ3v) is 3.06. The lowest BCUT2D eigenvalue weighted by Crippen LogP contribution is -2.46. The van der Waals surface area contributed by atoms with Gasteiger partial charge in [-0.25, -0.2) is 0 Å². The van der Waals surface area contributed by atoms with Gasteiger partial charge in [-0.3, -0.25) is 4.79 Å². The van der Waals surface area contributed by atoms with Crippen LogP contribution in [0.25, 0.3) is 0 Å². The van der Waals surface area contributed by atoms with Crippen LogP contribution in [0.4, 0.5) is 0 Å². The van der Waals surface area contributed by atoms with Gasteiger partial charge < -0.3 is 15.4 Å². The predicted molar refractivity (Wildman–Crippen MR) is 78.2 cm³/mol. The standard InChI is InChI=1S/C13H17ClN2O2.ClH/c14-10-3-1-5-12(7-10)18-9-13(17)16-11-4-2-6-15-8-11;/h1,3,5,7,11,15H,2,4,6,8-9H2,(H,16,17);1H/t11-;/m1./s1. The zero-order chi connectivity index (χ0) is 12.8. The third kappa shape index (κ3) is 5.68. The van der Waals surface area contributed by atoms with E-state index in [9.17, 15) is 4.79 Å². The van der Waals surface area contributed by atoms with Crippen molar-refractivity contribution >= 4 is 29.9 Å². The minimum atomic E-state index is -0.0938. The van der Waals surface area contributed by atoms with Gasteiger partial charge in [-0.1, -0.05) is 17.7 Å². The Balaban J connectivity index is 0.00000180. The van der Waals surface area contributed by atoms with Crippen molar-refractivity contribution < 1.29 is 9.53 Å². The first-order valence-corrected chi connectivity index (χ1v) is 6.50. The molecule has 0 spiro atoms. The second kappa shape index (κ2) is 8.25. The number of piperidine rings is 1. The average molecular weight is 305 g/mol. The molecule has 2 rings (SSSR count). The minimum Gasteiger partial charge on any atom is -0.484 e. The lowest BCUT2D eigenvalue weighted by Gasteiger charge is -2.23. The van der Waals surface area contributed by atoms with Crippen LogP contribution < -0.4 is 15.4 Å². The number of hydrogen-bond donors (Lipinski definition) is 2. The van der Waals surface area contributed by atoms with E-state index in [1.807, 2.05) is 0 Å². The van der Waals surface area contributed by atoms with Gasteiger partial charge in [0.05, 0.1) is 0 Å². The Labute approximate surface area is 124 Å². The van der Waals surface area contributed by atoms with Gasteiger partial charge >= 0.3 is 0 Å². The molecule has 1 aromatic rings. The van der Waals surface area contributed by atoms with Crippen LogP contribution in [-0.4, -0.2) is 31.6 Å². The summed E-state index contributed by atoms with van der Waals surface area (Å²) in [6.07, 6.45) is 2.12. The van der Waals surface area contributed by atoms with E-state index < -0.39 is 0 Å². The van der Waals surface area contributed by atoms with Gasteiger partial charge in [0.25, 0.3) is 5.91 Å². The molecular formula is C13H18Cl2N2O2. The topological polar surface area (TPSA) is 50.4 Å². The van der Waals surface area contributed by atoms with Gasteiger partial charge in [0.15, 0.2) is 6.61 Å². The van der Waals surface area contributed by atoms with Crippen molar-refractivity contribution in [3.63, 3.8) is 0 Å². The third-order valence-electron chi connectivity index (χ3n) is 2.83. The molecule has 1 aromatic carbocycles. The summed E-state index contributed by atoms with van der Waals surface area (Å²) in [5, 5.41) is 6.79. The van der Waals surface area contributed by atoms with E-state index in [-0.39, 0.29) is 31.0 Å². The van der Waals surface area contributed by atoms with Gasteiger partial charge in [0, 0.05) is 17.6 Å². The summed E-state index contributed by atoms with van der Waals surface area (Å²) >= 11 is 5.83. The van der Waals surface area contributed by atoms with E-state index in [0.717, 1.165) is 25.9 Å². The van der Waals surface area contributed by atoms with Crippen LogP contribution in [0.5, 0.6) is 5.75 Å². The SMILES string of the molecule is Cl.O=C(COc1cccc(Cl)c1)N[C@@H]1CCCNC1. The van der Waals surface area contributed by atoms with Crippen molar-refractivity contribution in [1.82, 2.24) is 10.6 Å². The van der Waals surface area contributed by atoms with Crippen molar-refractivity contribution in [2.45, 2.75) is 18.9 Å². The Hall–Kier alpha value is -0.970. The maximum absolute atomic E-state index is 11.7. The average Bonchev–Trinajstić information content (AvgIpc) is 2.38. The molecule has 1 atom stereocenters. The van der Waals surface area contributed by atoms with Gasteiger partial charge in [0.1, 0.15) is 5.75 Å². The summed E-state index contributed by atoms with van der Waals surface area (Å²) in [5.74, 6) is 0.517. The number of benzene rings is 1. The molecule has 1 aliphatic heterocycles. The van der Waals surface area contributed by atoms with Gasteiger partial charge in [-0.2, -0.15) is 0 Å². The van der Waals surface area contributed by atoms with Crippen LogP contribution in [0, 0.1) is 0 Å². The lowest BCUT2D eigenvalue weighted by atomic mass is 10.1. The van der Waals surface area contributed by atoms with Crippen molar-refractivity contribution in [1.29, 1.82) is 0 Å². The molecule has 1 amide bonds. The molecule has 0 bridgehead atoms. The first-order chi connectivity index (χ1) is 8.74. The van der Waals surface area contributed by atoms with E-state index >= 15 is 0 Å². The highest BCUT2D eigenvalue weighted by Crippen LogP contribution is 2.16. The van der Waals surface area contributed by atoms with Crippen LogP contribution in [0.15, 0.2) is 24.3 Å². The predicted octanol–water partition coefficient (Wildman–Crippen LogP) is 2.01. The number of carbonyl (C=O) groups is 1. The second-order valence-electron chi connectivity index (χ2n) is 4.36. The molecule has 1 heterocycles. The summed E-state index contributed by atoms with van der Waals surface area (Å²) in [6.45, 7) is 1.89. The smallest absolute Gasteiger partial charge is 0.258 e. The minimum absolute atomic E-state index is 0. The molecule has 106 valence electrons. The van der Waals surface area contributed by atoms with Crippen molar-refractivity contribution in [2.75, 3.05) is 19.7 Å². The Morgan fingerprint density at radius 3 is 3.05 bits per heavy atom.